The quantitative estimate of drug-likeness (QED) is 0.732. The average molecular weight is 238 g/mol. The highest BCUT2D eigenvalue weighted by atomic mass is 16.6. The summed E-state index contributed by atoms with van der Waals surface area (Å²) in [5, 5.41) is 9.33. The van der Waals surface area contributed by atoms with Crippen LogP contribution < -0.4 is 15.4 Å². The summed E-state index contributed by atoms with van der Waals surface area (Å²) in [4.78, 5) is 2.23. The van der Waals surface area contributed by atoms with Crippen molar-refractivity contribution in [2.45, 2.75) is 6.29 Å². The van der Waals surface area contributed by atoms with Crippen LogP contribution in [0.3, 0.4) is 0 Å². The van der Waals surface area contributed by atoms with Crippen molar-refractivity contribution >= 4 is 5.69 Å². The van der Waals surface area contributed by atoms with Gasteiger partial charge in [-0.05, 0) is 12.1 Å². The average Bonchev–Trinajstić information content (AvgIpc) is 2.40. The molecular weight excluding hydrogens is 220 g/mol. The molecule has 0 radical (unpaired) electrons. The first-order chi connectivity index (χ1) is 8.29. The van der Waals surface area contributed by atoms with E-state index in [1.54, 1.807) is 0 Å². The van der Waals surface area contributed by atoms with E-state index in [-0.39, 0.29) is 6.54 Å². The summed E-state index contributed by atoms with van der Waals surface area (Å²) in [6, 6.07) is 7.64. The van der Waals surface area contributed by atoms with Gasteiger partial charge in [-0.1, -0.05) is 6.07 Å². The maximum Gasteiger partial charge on any atom is 0.209 e. The van der Waals surface area contributed by atoms with Crippen molar-refractivity contribution in [2.75, 3.05) is 37.7 Å². The van der Waals surface area contributed by atoms with Crippen molar-refractivity contribution in [2.24, 2.45) is 5.73 Å². The standard InChI is InChI=1S/C12H18N2O3/c13-9-12(15)17-11-3-1-2-10(8-11)14-4-6-16-7-5-14/h1-3,8,12,15H,4-7,9,13H2. The van der Waals surface area contributed by atoms with Gasteiger partial charge in [0.05, 0.1) is 19.8 Å². The maximum atomic E-state index is 9.33. The normalized spacial score (nSPS) is 17.9. The van der Waals surface area contributed by atoms with Crippen LogP contribution in [0.1, 0.15) is 0 Å². The highest BCUT2D eigenvalue weighted by Gasteiger charge is 2.12. The SMILES string of the molecule is NCC(O)Oc1cccc(N2CCOCC2)c1. The fourth-order valence-corrected chi connectivity index (χ4v) is 1.78. The fourth-order valence-electron chi connectivity index (χ4n) is 1.78. The van der Waals surface area contributed by atoms with E-state index in [0.29, 0.717) is 5.75 Å². The molecule has 1 atom stereocenters. The Bertz CT molecular complexity index is 353. The predicted molar refractivity (Wildman–Crippen MR) is 65.2 cm³/mol. The van der Waals surface area contributed by atoms with Crippen LogP contribution in [-0.4, -0.2) is 44.2 Å². The second-order valence-electron chi connectivity index (χ2n) is 3.90. The van der Waals surface area contributed by atoms with Gasteiger partial charge in [-0.3, -0.25) is 0 Å². The van der Waals surface area contributed by atoms with Gasteiger partial charge in [0.25, 0.3) is 0 Å². The number of hydrogen-bond donors (Lipinski definition) is 2. The van der Waals surface area contributed by atoms with Gasteiger partial charge in [0.1, 0.15) is 5.75 Å². The van der Waals surface area contributed by atoms with Gasteiger partial charge in [0.2, 0.25) is 6.29 Å². The van der Waals surface area contributed by atoms with Crippen LogP contribution in [0.5, 0.6) is 5.75 Å². The van der Waals surface area contributed by atoms with Gasteiger partial charge >= 0.3 is 0 Å². The second kappa shape index (κ2) is 5.86. The molecule has 3 N–H and O–H groups in total. The summed E-state index contributed by atoms with van der Waals surface area (Å²) in [6.45, 7) is 3.33. The summed E-state index contributed by atoms with van der Waals surface area (Å²) in [5.74, 6) is 0.631. The van der Waals surface area contributed by atoms with Crippen molar-refractivity contribution in [3.8, 4) is 5.75 Å². The smallest absolute Gasteiger partial charge is 0.209 e. The van der Waals surface area contributed by atoms with Gasteiger partial charge in [0.15, 0.2) is 0 Å². The van der Waals surface area contributed by atoms with Gasteiger partial charge < -0.3 is 25.2 Å². The third-order valence-electron chi connectivity index (χ3n) is 2.67. The fraction of sp³-hybridized carbons (Fsp3) is 0.500. The summed E-state index contributed by atoms with van der Waals surface area (Å²) in [7, 11) is 0. The van der Waals surface area contributed by atoms with E-state index in [4.69, 9.17) is 15.2 Å². The van der Waals surface area contributed by atoms with Crippen molar-refractivity contribution in [1.29, 1.82) is 0 Å². The zero-order chi connectivity index (χ0) is 12.1. The van der Waals surface area contributed by atoms with Crippen LogP contribution in [0.4, 0.5) is 5.69 Å². The number of aliphatic hydroxyl groups is 1. The minimum atomic E-state index is -0.949. The number of morpholine rings is 1. The number of hydrogen-bond acceptors (Lipinski definition) is 5. The lowest BCUT2D eigenvalue weighted by molar-refractivity contribution is -0.00856. The molecular formula is C12H18N2O3. The van der Waals surface area contributed by atoms with E-state index in [1.807, 2.05) is 24.3 Å². The number of nitrogens with two attached hydrogens (primary N) is 1. The van der Waals surface area contributed by atoms with E-state index in [1.165, 1.54) is 0 Å². The molecule has 0 saturated carbocycles. The van der Waals surface area contributed by atoms with Crippen LogP contribution in [0.25, 0.3) is 0 Å². The first-order valence-electron chi connectivity index (χ1n) is 5.77. The highest BCUT2D eigenvalue weighted by molar-refractivity contribution is 5.51. The van der Waals surface area contributed by atoms with E-state index >= 15 is 0 Å². The van der Waals surface area contributed by atoms with Crippen LogP contribution in [0.2, 0.25) is 0 Å². The first kappa shape index (κ1) is 12.2. The summed E-state index contributed by atoms with van der Waals surface area (Å²) in [5.41, 5.74) is 6.38. The number of aliphatic hydroxyl groups excluding tert-OH is 1. The molecule has 1 saturated heterocycles. The Hall–Kier alpha value is -1.30. The Labute approximate surface area is 101 Å². The molecule has 1 aliphatic rings. The molecule has 94 valence electrons. The molecule has 2 rings (SSSR count). The molecule has 0 aliphatic carbocycles. The summed E-state index contributed by atoms with van der Waals surface area (Å²) in [6.07, 6.45) is -0.949. The van der Waals surface area contributed by atoms with Gasteiger partial charge in [-0.2, -0.15) is 0 Å². The van der Waals surface area contributed by atoms with Crippen molar-refractivity contribution < 1.29 is 14.6 Å². The van der Waals surface area contributed by atoms with E-state index in [9.17, 15) is 5.11 Å². The van der Waals surface area contributed by atoms with Crippen molar-refractivity contribution in [1.82, 2.24) is 0 Å². The lowest BCUT2D eigenvalue weighted by Gasteiger charge is -2.29. The third-order valence-corrected chi connectivity index (χ3v) is 2.67. The largest absolute Gasteiger partial charge is 0.464 e. The molecule has 1 fully saturated rings. The number of anilines is 1. The summed E-state index contributed by atoms with van der Waals surface area (Å²) >= 11 is 0. The minimum Gasteiger partial charge on any atom is -0.464 e. The molecule has 0 aromatic heterocycles. The Kier molecular flexibility index (Phi) is 4.19. The Morgan fingerprint density at radius 2 is 2.18 bits per heavy atom. The molecule has 17 heavy (non-hydrogen) atoms. The molecule has 1 unspecified atom stereocenters. The van der Waals surface area contributed by atoms with Gasteiger partial charge in [-0.15, -0.1) is 0 Å². The Balaban J connectivity index is 2.05. The molecule has 1 aromatic carbocycles. The molecule has 1 aromatic rings. The number of benzene rings is 1. The van der Waals surface area contributed by atoms with E-state index < -0.39 is 6.29 Å². The molecule has 5 nitrogen and oxygen atoms in total. The first-order valence-corrected chi connectivity index (χ1v) is 5.77. The minimum absolute atomic E-state index is 0.0851. The molecule has 0 spiro atoms. The zero-order valence-electron chi connectivity index (χ0n) is 9.71. The lowest BCUT2D eigenvalue weighted by Crippen LogP contribution is -2.36. The molecule has 0 amide bonds. The van der Waals surface area contributed by atoms with Crippen molar-refractivity contribution in [3.63, 3.8) is 0 Å². The molecule has 5 heteroatoms. The van der Waals surface area contributed by atoms with Crippen LogP contribution in [0, 0.1) is 0 Å². The van der Waals surface area contributed by atoms with Gasteiger partial charge in [0, 0.05) is 24.8 Å². The third kappa shape index (κ3) is 3.33. The highest BCUT2D eigenvalue weighted by Crippen LogP contribution is 2.22. The van der Waals surface area contributed by atoms with Gasteiger partial charge in [-0.25, -0.2) is 0 Å². The zero-order valence-corrected chi connectivity index (χ0v) is 9.71. The topological polar surface area (TPSA) is 68.0 Å². The number of rotatable bonds is 4. The monoisotopic (exact) mass is 238 g/mol. The molecule has 1 aliphatic heterocycles. The van der Waals surface area contributed by atoms with E-state index in [2.05, 4.69) is 4.90 Å². The Morgan fingerprint density at radius 3 is 2.88 bits per heavy atom. The summed E-state index contributed by atoms with van der Waals surface area (Å²) < 4.78 is 10.6. The Morgan fingerprint density at radius 1 is 1.41 bits per heavy atom. The lowest BCUT2D eigenvalue weighted by atomic mass is 10.2. The van der Waals surface area contributed by atoms with Crippen molar-refractivity contribution in [3.05, 3.63) is 24.3 Å². The van der Waals surface area contributed by atoms with Crippen LogP contribution >= 0.6 is 0 Å². The van der Waals surface area contributed by atoms with Crippen LogP contribution in [0.15, 0.2) is 24.3 Å². The van der Waals surface area contributed by atoms with Crippen LogP contribution in [-0.2, 0) is 4.74 Å². The predicted octanol–water partition coefficient (Wildman–Crippen LogP) is 0.179. The second-order valence-corrected chi connectivity index (χ2v) is 3.90. The number of ether oxygens (including phenoxy) is 2. The maximum absolute atomic E-state index is 9.33. The van der Waals surface area contributed by atoms with E-state index in [0.717, 1.165) is 32.0 Å². The molecule has 0 bridgehead atoms. The molecule has 1 heterocycles. The number of nitrogens with zero attached hydrogens (tertiary/aromatic N) is 1.